The largest absolute Gasteiger partial charge is 0.495 e. The molecule has 2 N–H and O–H groups in total. The Balaban J connectivity index is 2.27. The Morgan fingerprint density at radius 3 is 2.32 bits per heavy atom. The van der Waals surface area contributed by atoms with Gasteiger partial charge in [-0.1, -0.05) is 37.0 Å². The standard InChI is InChI=1S/C21H26Cl2N2O5S/c1-13(2)6-5-9-24-21(26)15-10-14(7-8-16(15)22)31(27,28)25-18-11-17(23)19(29-3)12-20(18)30-4/h7-8,10-13,25H,5-6,9H2,1-4H3,(H,24,26). The van der Waals surface area contributed by atoms with Crippen molar-refractivity contribution in [2.24, 2.45) is 5.92 Å². The van der Waals surface area contributed by atoms with Crippen molar-refractivity contribution < 1.29 is 22.7 Å². The van der Waals surface area contributed by atoms with Gasteiger partial charge in [0.2, 0.25) is 0 Å². The van der Waals surface area contributed by atoms with Crippen LogP contribution in [0.5, 0.6) is 11.5 Å². The van der Waals surface area contributed by atoms with E-state index in [2.05, 4.69) is 23.9 Å². The topological polar surface area (TPSA) is 93.7 Å². The van der Waals surface area contributed by atoms with Crippen LogP contribution in [0, 0.1) is 5.92 Å². The third-order valence-corrected chi connectivity index (χ3v) is 6.44. The number of hydrogen-bond acceptors (Lipinski definition) is 5. The first-order chi connectivity index (χ1) is 14.6. The lowest BCUT2D eigenvalue weighted by atomic mass is 10.1. The van der Waals surface area contributed by atoms with E-state index in [9.17, 15) is 13.2 Å². The van der Waals surface area contributed by atoms with Gasteiger partial charge in [0.15, 0.2) is 0 Å². The predicted molar refractivity (Wildman–Crippen MR) is 123 cm³/mol. The third kappa shape index (κ3) is 6.66. The van der Waals surface area contributed by atoms with Gasteiger partial charge in [-0.15, -0.1) is 0 Å². The molecule has 1 amide bonds. The number of anilines is 1. The van der Waals surface area contributed by atoms with Crippen LogP contribution in [0.2, 0.25) is 10.0 Å². The molecule has 0 aliphatic heterocycles. The highest BCUT2D eigenvalue weighted by atomic mass is 35.5. The van der Waals surface area contributed by atoms with E-state index in [1.165, 1.54) is 44.6 Å². The smallest absolute Gasteiger partial charge is 0.262 e. The summed E-state index contributed by atoms with van der Waals surface area (Å²) in [5.41, 5.74) is 0.205. The average Bonchev–Trinajstić information content (AvgIpc) is 2.71. The molecule has 0 heterocycles. The number of rotatable bonds is 10. The van der Waals surface area contributed by atoms with Crippen LogP contribution in [0.4, 0.5) is 5.69 Å². The van der Waals surface area contributed by atoms with Crippen molar-refractivity contribution in [3.63, 3.8) is 0 Å². The van der Waals surface area contributed by atoms with Crippen LogP contribution in [-0.4, -0.2) is 35.1 Å². The molecule has 0 fully saturated rings. The van der Waals surface area contributed by atoms with Gasteiger partial charge in [-0.3, -0.25) is 9.52 Å². The van der Waals surface area contributed by atoms with E-state index >= 15 is 0 Å². The molecule has 2 aromatic carbocycles. The fraction of sp³-hybridized carbons (Fsp3) is 0.381. The maximum absolute atomic E-state index is 12.9. The molecule has 2 rings (SSSR count). The van der Waals surface area contributed by atoms with Gasteiger partial charge in [0.05, 0.1) is 40.4 Å². The molecule has 170 valence electrons. The van der Waals surface area contributed by atoms with Gasteiger partial charge in [0.1, 0.15) is 11.5 Å². The molecule has 0 aromatic heterocycles. The molecule has 10 heteroatoms. The van der Waals surface area contributed by atoms with E-state index in [1.807, 2.05) is 0 Å². The highest BCUT2D eigenvalue weighted by molar-refractivity contribution is 7.92. The van der Waals surface area contributed by atoms with Crippen LogP contribution in [0.15, 0.2) is 35.2 Å². The lowest BCUT2D eigenvalue weighted by Crippen LogP contribution is -2.25. The first-order valence-electron chi connectivity index (χ1n) is 9.61. The zero-order valence-corrected chi connectivity index (χ0v) is 20.1. The normalized spacial score (nSPS) is 11.3. The molecule has 0 saturated heterocycles. The number of hydrogen-bond donors (Lipinski definition) is 2. The van der Waals surface area contributed by atoms with Gasteiger partial charge in [0.25, 0.3) is 15.9 Å². The highest BCUT2D eigenvalue weighted by Gasteiger charge is 2.21. The van der Waals surface area contributed by atoms with Gasteiger partial charge in [-0.2, -0.15) is 0 Å². The van der Waals surface area contributed by atoms with E-state index in [0.29, 0.717) is 18.2 Å². The number of carbonyl (C=O) groups excluding carboxylic acids is 1. The molecule has 0 atom stereocenters. The minimum Gasteiger partial charge on any atom is -0.495 e. The Morgan fingerprint density at radius 1 is 1.03 bits per heavy atom. The average molecular weight is 489 g/mol. The first kappa shape index (κ1) is 25.1. The zero-order valence-electron chi connectivity index (χ0n) is 17.8. The van der Waals surface area contributed by atoms with Gasteiger partial charge in [-0.25, -0.2) is 8.42 Å². The monoisotopic (exact) mass is 488 g/mol. The molecule has 0 unspecified atom stereocenters. The van der Waals surface area contributed by atoms with Crippen molar-refractivity contribution in [2.45, 2.75) is 31.6 Å². The SMILES string of the molecule is COc1cc(OC)c(NS(=O)(=O)c2ccc(Cl)c(C(=O)NCCCC(C)C)c2)cc1Cl. The summed E-state index contributed by atoms with van der Waals surface area (Å²) in [5.74, 6) is 0.658. The Bertz CT molecular complexity index is 1040. The summed E-state index contributed by atoms with van der Waals surface area (Å²) in [5, 5.41) is 3.14. The summed E-state index contributed by atoms with van der Waals surface area (Å²) in [6.07, 6.45) is 1.79. The van der Waals surface area contributed by atoms with Crippen molar-refractivity contribution in [3.8, 4) is 11.5 Å². The zero-order chi connectivity index (χ0) is 23.2. The molecule has 0 spiro atoms. The predicted octanol–water partition coefficient (Wildman–Crippen LogP) is 4.98. The number of halogens is 2. The van der Waals surface area contributed by atoms with E-state index < -0.39 is 15.9 Å². The number of sulfonamides is 1. The second kappa shape index (κ2) is 10.9. The van der Waals surface area contributed by atoms with Crippen LogP contribution < -0.4 is 19.5 Å². The van der Waals surface area contributed by atoms with E-state index in [4.69, 9.17) is 32.7 Å². The molecule has 0 bridgehead atoms. The number of ether oxygens (including phenoxy) is 2. The highest BCUT2D eigenvalue weighted by Crippen LogP contribution is 2.37. The van der Waals surface area contributed by atoms with Gasteiger partial charge in [-0.05, 0) is 43.0 Å². The number of benzene rings is 2. The minimum atomic E-state index is -4.06. The van der Waals surface area contributed by atoms with E-state index in [1.54, 1.807) is 0 Å². The van der Waals surface area contributed by atoms with Crippen molar-refractivity contribution in [3.05, 3.63) is 45.9 Å². The second-order valence-corrected chi connectivity index (χ2v) is 9.72. The van der Waals surface area contributed by atoms with Crippen LogP contribution in [0.25, 0.3) is 0 Å². The van der Waals surface area contributed by atoms with Gasteiger partial charge in [0, 0.05) is 12.6 Å². The number of amides is 1. The lowest BCUT2D eigenvalue weighted by Gasteiger charge is -2.15. The Hall–Kier alpha value is -2.16. The summed E-state index contributed by atoms with van der Waals surface area (Å²) in [6, 6.07) is 6.78. The molecular weight excluding hydrogens is 463 g/mol. The second-order valence-electron chi connectivity index (χ2n) is 7.23. The fourth-order valence-electron chi connectivity index (χ4n) is 2.80. The minimum absolute atomic E-state index is 0.0776. The Morgan fingerprint density at radius 2 is 1.71 bits per heavy atom. The van der Waals surface area contributed by atoms with Crippen LogP contribution in [-0.2, 0) is 10.0 Å². The van der Waals surface area contributed by atoms with Crippen molar-refractivity contribution in [1.82, 2.24) is 5.32 Å². The van der Waals surface area contributed by atoms with Crippen molar-refractivity contribution in [1.29, 1.82) is 0 Å². The molecule has 0 aliphatic rings. The Labute approximate surface area is 193 Å². The van der Waals surface area contributed by atoms with Gasteiger partial charge < -0.3 is 14.8 Å². The molecule has 31 heavy (non-hydrogen) atoms. The summed E-state index contributed by atoms with van der Waals surface area (Å²) in [6.45, 7) is 4.68. The summed E-state index contributed by atoms with van der Waals surface area (Å²) in [4.78, 5) is 12.4. The van der Waals surface area contributed by atoms with Crippen LogP contribution >= 0.6 is 23.2 Å². The molecule has 0 aliphatic carbocycles. The fourth-order valence-corrected chi connectivity index (χ4v) is 4.33. The van der Waals surface area contributed by atoms with Crippen molar-refractivity contribution >= 4 is 44.8 Å². The maximum Gasteiger partial charge on any atom is 0.262 e. The summed E-state index contributed by atoms with van der Waals surface area (Å²) >= 11 is 12.3. The van der Waals surface area contributed by atoms with Crippen LogP contribution in [0.1, 0.15) is 37.0 Å². The number of carbonyl (C=O) groups is 1. The third-order valence-electron chi connectivity index (χ3n) is 4.45. The van der Waals surface area contributed by atoms with Gasteiger partial charge >= 0.3 is 0 Å². The number of nitrogens with one attached hydrogen (secondary N) is 2. The molecule has 2 aromatic rings. The summed E-state index contributed by atoms with van der Waals surface area (Å²) in [7, 11) is -1.23. The van der Waals surface area contributed by atoms with E-state index in [-0.39, 0.29) is 31.9 Å². The molecule has 7 nitrogen and oxygen atoms in total. The molecular formula is C21H26Cl2N2O5S. The first-order valence-corrected chi connectivity index (χ1v) is 11.8. The maximum atomic E-state index is 12.9. The molecule has 0 radical (unpaired) electrons. The Kier molecular flexibility index (Phi) is 8.85. The van der Waals surface area contributed by atoms with Crippen molar-refractivity contribution in [2.75, 3.05) is 25.5 Å². The van der Waals surface area contributed by atoms with Crippen LogP contribution in [0.3, 0.4) is 0 Å². The molecule has 0 saturated carbocycles. The number of methoxy groups -OCH3 is 2. The van der Waals surface area contributed by atoms with E-state index in [0.717, 1.165) is 12.8 Å². The quantitative estimate of drug-likeness (QED) is 0.460. The summed E-state index contributed by atoms with van der Waals surface area (Å²) < 4.78 is 38.7. The lowest BCUT2D eigenvalue weighted by molar-refractivity contribution is 0.0952.